The molecule has 22 heavy (non-hydrogen) atoms. The van der Waals surface area contributed by atoms with Crippen molar-refractivity contribution in [3.8, 4) is 0 Å². The molecule has 2 atom stereocenters. The first-order valence-corrected chi connectivity index (χ1v) is 7.83. The number of nitrogens with one attached hydrogen (secondary N) is 2. The molecule has 116 valence electrons. The van der Waals surface area contributed by atoms with E-state index in [1.165, 1.54) is 23.5 Å². The monoisotopic (exact) mass is 321 g/mol. The highest BCUT2D eigenvalue weighted by molar-refractivity contribution is 7.15. The summed E-state index contributed by atoms with van der Waals surface area (Å²) in [6.07, 6.45) is 2.19. The fourth-order valence-corrected chi connectivity index (χ4v) is 3.25. The quantitative estimate of drug-likeness (QED) is 0.798. The highest BCUT2D eigenvalue weighted by atomic mass is 32.1. The molecule has 1 fully saturated rings. The van der Waals surface area contributed by atoms with E-state index in [-0.39, 0.29) is 17.8 Å². The second kappa shape index (κ2) is 6.51. The number of benzene rings is 1. The van der Waals surface area contributed by atoms with Crippen molar-refractivity contribution >= 4 is 22.4 Å². The van der Waals surface area contributed by atoms with Gasteiger partial charge in [0.25, 0.3) is 0 Å². The Hall–Kier alpha value is -1.83. The van der Waals surface area contributed by atoms with E-state index < -0.39 is 6.10 Å². The van der Waals surface area contributed by atoms with Gasteiger partial charge in [-0.25, -0.2) is 9.37 Å². The minimum atomic E-state index is -0.476. The number of halogens is 1. The number of thiazole rings is 1. The summed E-state index contributed by atoms with van der Waals surface area (Å²) in [5.41, 5.74) is 0.863. The van der Waals surface area contributed by atoms with Gasteiger partial charge < -0.3 is 15.7 Å². The van der Waals surface area contributed by atoms with Crippen molar-refractivity contribution in [2.75, 3.05) is 11.9 Å². The molecular formula is C15H16FN3O2S. The number of hydrogen-bond acceptors (Lipinski definition) is 5. The predicted molar refractivity (Wildman–Crippen MR) is 82.4 cm³/mol. The second-order valence-electron chi connectivity index (χ2n) is 5.28. The molecule has 0 bridgehead atoms. The summed E-state index contributed by atoms with van der Waals surface area (Å²) >= 11 is 1.37. The minimum Gasteiger partial charge on any atom is -0.392 e. The van der Waals surface area contributed by atoms with Gasteiger partial charge in [0, 0.05) is 24.0 Å². The topological polar surface area (TPSA) is 74.2 Å². The molecule has 0 aliphatic carbocycles. The van der Waals surface area contributed by atoms with Crippen molar-refractivity contribution in [3.05, 3.63) is 46.7 Å². The summed E-state index contributed by atoms with van der Waals surface area (Å²) in [6, 6.07) is 6.04. The van der Waals surface area contributed by atoms with Gasteiger partial charge in [-0.05, 0) is 24.1 Å². The Morgan fingerprint density at radius 3 is 3.14 bits per heavy atom. The van der Waals surface area contributed by atoms with Gasteiger partial charge in [0.15, 0.2) is 5.13 Å². The van der Waals surface area contributed by atoms with Crippen LogP contribution in [0.15, 0.2) is 30.5 Å². The lowest BCUT2D eigenvalue weighted by Gasteiger charge is -2.08. The molecule has 0 saturated carbocycles. The predicted octanol–water partition coefficient (Wildman–Crippen LogP) is 1.53. The van der Waals surface area contributed by atoms with E-state index >= 15 is 0 Å². The number of carbonyl (C=O) groups excluding carboxylic acids is 1. The summed E-state index contributed by atoms with van der Waals surface area (Å²) in [5.74, 6) is -0.454. The van der Waals surface area contributed by atoms with E-state index in [9.17, 15) is 14.3 Å². The number of rotatable bonds is 4. The summed E-state index contributed by atoms with van der Waals surface area (Å²) < 4.78 is 13.2. The van der Waals surface area contributed by atoms with Gasteiger partial charge in [-0.3, -0.25) is 4.79 Å². The standard InChI is InChI=1S/C15H16FN3O2S/c16-10-3-1-2-9(4-10)5-12-8-18-15(22-12)19-14(21)13-6-11(20)7-17-13/h1-4,8,11,13,17,20H,5-7H2,(H,18,19,21). The first-order chi connectivity index (χ1) is 10.6. The number of aliphatic hydroxyl groups is 1. The van der Waals surface area contributed by atoms with Crippen LogP contribution in [0.25, 0.3) is 0 Å². The molecule has 2 aromatic rings. The number of aromatic nitrogens is 1. The molecular weight excluding hydrogens is 305 g/mol. The molecule has 1 aliphatic rings. The Balaban J connectivity index is 1.60. The molecule has 5 nitrogen and oxygen atoms in total. The number of nitrogens with zero attached hydrogens (tertiary/aromatic N) is 1. The number of hydrogen-bond donors (Lipinski definition) is 3. The van der Waals surface area contributed by atoms with Crippen molar-refractivity contribution < 1.29 is 14.3 Å². The highest BCUT2D eigenvalue weighted by Crippen LogP contribution is 2.22. The van der Waals surface area contributed by atoms with E-state index in [1.807, 2.05) is 6.07 Å². The number of anilines is 1. The van der Waals surface area contributed by atoms with Crippen LogP contribution in [0.1, 0.15) is 16.9 Å². The number of carbonyl (C=O) groups is 1. The maximum atomic E-state index is 13.2. The SMILES string of the molecule is O=C(Nc1ncc(Cc2cccc(F)c2)s1)C1CC(O)CN1. The maximum absolute atomic E-state index is 13.2. The average molecular weight is 321 g/mol. The van der Waals surface area contributed by atoms with Crippen LogP contribution in [-0.2, 0) is 11.2 Å². The van der Waals surface area contributed by atoms with Crippen molar-refractivity contribution in [1.82, 2.24) is 10.3 Å². The van der Waals surface area contributed by atoms with Crippen molar-refractivity contribution in [3.63, 3.8) is 0 Å². The molecule has 2 unspecified atom stereocenters. The van der Waals surface area contributed by atoms with Gasteiger partial charge in [0.1, 0.15) is 5.82 Å². The fourth-order valence-electron chi connectivity index (χ4n) is 2.40. The Kier molecular flexibility index (Phi) is 4.47. The van der Waals surface area contributed by atoms with Crippen LogP contribution in [-0.4, -0.2) is 34.7 Å². The molecule has 3 N–H and O–H groups in total. The van der Waals surface area contributed by atoms with Gasteiger partial charge in [0.05, 0.1) is 12.1 Å². The van der Waals surface area contributed by atoms with Gasteiger partial charge >= 0.3 is 0 Å². The second-order valence-corrected chi connectivity index (χ2v) is 6.39. The van der Waals surface area contributed by atoms with Crippen LogP contribution in [0.3, 0.4) is 0 Å². The zero-order valence-electron chi connectivity index (χ0n) is 11.8. The van der Waals surface area contributed by atoms with E-state index in [0.29, 0.717) is 24.5 Å². The summed E-state index contributed by atoms with van der Waals surface area (Å²) in [7, 11) is 0. The zero-order valence-corrected chi connectivity index (χ0v) is 12.6. The van der Waals surface area contributed by atoms with E-state index in [4.69, 9.17) is 0 Å². The van der Waals surface area contributed by atoms with Crippen LogP contribution in [0.2, 0.25) is 0 Å². The Labute approximate surface area is 131 Å². The summed E-state index contributed by atoms with van der Waals surface area (Å²) in [6.45, 7) is 0.431. The molecule has 1 saturated heterocycles. The normalized spacial score (nSPS) is 21.0. The Morgan fingerprint density at radius 2 is 2.41 bits per heavy atom. The third-order valence-corrected chi connectivity index (χ3v) is 4.39. The zero-order chi connectivity index (χ0) is 15.5. The van der Waals surface area contributed by atoms with Crippen molar-refractivity contribution in [2.24, 2.45) is 0 Å². The van der Waals surface area contributed by atoms with Gasteiger partial charge in [-0.2, -0.15) is 0 Å². The minimum absolute atomic E-state index is 0.191. The lowest BCUT2D eigenvalue weighted by molar-refractivity contribution is -0.117. The maximum Gasteiger partial charge on any atom is 0.243 e. The first kappa shape index (κ1) is 15.1. The molecule has 2 heterocycles. The Morgan fingerprint density at radius 1 is 1.55 bits per heavy atom. The summed E-state index contributed by atoms with van der Waals surface area (Å²) in [5, 5.41) is 15.6. The number of aliphatic hydroxyl groups excluding tert-OH is 1. The van der Waals surface area contributed by atoms with Crippen LogP contribution in [0, 0.1) is 5.82 Å². The molecule has 1 aliphatic heterocycles. The molecule has 0 spiro atoms. The van der Waals surface area contributed by atoms with E-state index in [0.717, 1.165) is 10.4 Å². The van der Waals surface area contributed by atoms with Crippen LogP contribution in [0.4, 0.5) is 9.52 Å². The lowest BCUT2D eigenvalue weighted by atomic mass is 10.1. The highest BCUT2D eigenvalue weighted by Gasteiger charge is 2.28. The van der Waals surface area contributed by atoms with Gasteiger partial charge in [-0.15, -0.1) is 11.3 Å². The number of amides is 1. The fraction of sp³-hybridized carbons (Fsp3) is 0.333. The van der Waals surface area contributed by atoms with Crippen molar-refractivity contribution in [2.45, 2.75) is 25.0 Å². The first-order valence-electron chi connectivity index (χ1n) is 7.01. The average Bonchev–Trinajstić information content (AvgIpc) is 3.08. The third kappa shape index (κ3) is 3.68. The number of β-amino-alcohol motifs (C(OH)–C–C–N with tert-alkyl or cyclic N) is 1. The van der Waals surface area contributed by atoms with Gasteiger partial charge in [-0.1, -0.05) is 12.1 Å². The molecule has 1 aromatic carbocycles. The molecule has 0 radical (unpaired) electrons. The Bertz CT molecular complexity index is 676. The molecule has 7 heteroatoms. The van der Waals surface area contributed by atoms with Crippen LogP contribution < -0.4 is 10.6 Å². The lowest BCUT2D eigenvalue weighted by Crippen LogP contribution is -2.35. The van der Waals surface area contributed by atoms with Gasteiger partial charge in [0.2, 0.25) is 5.91 Å². The van der Waals surface area contributed by atoms with Crippen LogP contribution in [0.5, 0.6) is 0 Å². The van der Waals surface area contributed by atoms with Crippen LogP contribution >= 0.6 is 11.3 Å². The summed E-state index contributed by atoms with van der Waals surface area (Å²) in [4.78, 5) is 17.1. The smallest absolute Gasteiger partial charge is 0.243 e. The van der Waals surface area contributed by atoms with E-state index in [2.05, 4.69) is 15.6 Å². The van der Waals surface area contributed by atoms with Crippen molar-refractivity contribution in [1.29, 1.82) is 0 Å². The van der Waals surface area contributed by atoms with E-state index in [1.54, 1.807) is 12.3 Å². The molecule has 1 aromatic heterocycles. The largest absolute Gasteiger partial charge is 0.392 e. The molecule has 3 rings (SSSR count). The molecule has 1 amide bonds. The third-order valence-electron chi connectivity index (χ3n) is 3.48.